The van der Waals surface area contributed by atoms with Crippen LogP contribution in [0.3, 0.4) is 0 Å². The molecular formula is C13H13BrN4. The molecular weight excluding hydrogens is 292 g/mol. The van der Waals surface area contributed by atoms with Crippen LogP contribution in [-0.2, 0) is 0 Å². The molecule has 18 heavy (non-hydrogen) atoms. The van der Waals surface area contributed by atoms with Crippen LogP contribution < -0.4 is 11.1 Å². The molecule has 5 heteroatoms. The summed E-state index contributed by atoms with van der Waals surface area (Å²) in [5.74, 6) is 2.62. The number of hydrogen-bond acceptors (Lipinski definition) is 4. The standard InChI is InChI=1S/C13H13BrN4/c14-9-2-1-3-10(6-9)16-12-7-11(15)17-13(18-12)8-4-5-8/h1-3,6-8H,4-5H2,(H3,15,16,17,18). The van der Waals surface area contributed by atoms with E-state index in [1.165, 1.54) is 12.8 Å². The molecule has 1 aliphatic carbocycles. The smallest absolute Gasteiger partial charge is 0.136 e. The number of nitrogen functional groups attached to an aromatic ring is 1. The van der Waals surface area contributed by atoms with Crippen molar-refractivity contribution in [2.75, 3.05) is 11.1 Å². The molecule has 1 saturated carbocycles. The lowest BCUT2D eigenvalue weighted by molar-refractivity contribution is 0.936. The minimum absolute atomic E-state index is 0.497. The van der Waals surface area contributed by atoms with Crippen molar-refractivity contribution in [1.82, 2.24) is 9.97 Å². The van der Waals surface area contributed by atoms with E-state index in [9.17, 15) is 0 Å². The van der Waals surface area contributed by atoms with Crippen LogP contribution >= 0.6 is 15.9 Å². The summed E-state index contributed by atoms with van der Waals surface area (Å²) in [6, 6.07) is 9.69. The maximum atomic E-state index is 5.81. The predicted octanol–water partition coefficient (Wildman–Crippen LogP) is 3.44. The average molecular weight is 305 g/mol. The number of hydrogen-bond donors (Lipinski definition) is 2. The molecule has 0 radical (unpaired) electrons. The number of halogens is 1. The number of nitrogens with zero attached hydrogens (tertiary/aromatic N) is 2. The van der Waals surface area contributed by atoms with E-state index >= 15 is 0 Å². The first-order chi connectivity index (χ1) is 8.70. The van der Waals surface area contributed by atoms with E-state index in [0.717, 1.165) is 21.8 Å². The fourth-order valence-electron chi connectivity index (χ4n) is 1.79. The van der Waals surface area contributed by atoms with E-state index in [2.05, 4.69) is 31.2 Å². The Bertz CT molecular complexity index is 581. The van der Waals surface area contributed by atoms with Gasteiger partial charge in [0, 0.05) is 22.1 Å². The first kappa shape index (κ1) is 11.5. The van der Waals surface area contributed by atoms with Gasteiger partial charge in [-0.1, -0.05) is 22.0 Å². The highest BCUT2D eigenvalue weighted by atomic mass is 79.9. The topological polar surface area (TPSA) is 63.8 Å². The van der Waals surface area contributed by atoms with Gasteiger partial charge in [0.2, 0.25) is 0 Å². The Morgan fingerprint density at radius 3 is 2.78 bits per heavy atom. The van der Waals surface area contributed by atoms with Crippen LogP contribution in [0.2, 0.25) is 0 Å². The van der Waals surface area contributed by atoms with Gasteiger partial charge in [0.05, 0.1) is 0 Å². The number of rotatable bonds is 3. The summed E-state index contributed by atoms with van der Waals surface area (Å²) in [5, 5.41) is 3.25. The Morgan fingerprint density at radius 2 is 2.06 bits per heavy atom. The van der Waals surface area contributed by atoms with Crippen molar-refractivity contribution in [3.63, 3.8) is 0 Å². The summed E-state index contributed by atoms with van der Waals surface area (Å²) in [5.41, 5.74) is 6.78. The summed E-state index contributed by atoms with van der Waals surface area (Å²) in [4.78, 5) is 8.78. The molecule has 1 aliphatic rings. The third-order valence-electron chi connectivity index (χ3n) is 2.80. The molecule has 0 spiro atoms. The summed E-state index contributed by atoms with van der Waals surface area (Å²) in [6.45, 7) is 0. The van der Waals surface area contributed by atoms with Gasteiger partial charge in [-0.2, -0.15) is 0 Å². The third-order valence-corrected chi connectivity index (χ3v) is 3.30. The number of aromatic nitrogens is 2. The second-order valence-corrected chi connectivity index (χ2v) is 5.36. The van der Waals surface area contributed by atoms with Crippen molar-refractivity contribution < 1.29 is 0 Å². The lowest BCUT2D eigenvalue weighted by Gasteiger charge is -2.08. The molecule has 1 aromatic heterocycles. The molecule has 0 bridgehead atoms. The van der Waals surface area contributed by atoms with Crippen molar-refractivity contribution in [2.45, 2.75) is 18.8 Å². The van der Waals surface area contributed by atoms with Gasteiger partial charge in [-0.15, -0.1) is 0 Å². The first-order valence-corrected chi connectivity index (χ1v) is 6.67. The van der Waals surface area contributed by atoms with E-state index in [-0.39, 0.29) is 0 Å². The number of anilines is 3. The summed E-state index contributed by atoms with van der Waals surface area (Å²) >= 11 is 3.44. The maximum absolute atomic E-state index is 5.81. The van der Waals surface area contributed by atoms with Crippen LogP contribution in [0.25, 0.3) is 0 Å². The van der Waals surface area contributed by atoms with Crippen molar-refractivity contribution >= 4 is 33.3 Å². The molecule has 1 fully saturated rings. The van der Waals surface area contributed by atoms with Crippen molar-refractivity contribution in [2.24, 2.45) is 0 Å². The third kappa shape index (κ3) is 2.61. The van der Waals surface area contributed by atoms with Crippen LogP contribution in [0, 0.1) is 0 Å². The largest absolute Gasteiger partial charge is 0.384 e. The number of benzene rings is 1. The Kier molecular flexibility index (Phi) is 2.91. The second kappa shape index (κ2) is 4.57. The molecule has 0 saturated heterocycles. The highest BCUT2D eigenvalue weighted by molar-refractivity contribution is 9.10. The van der Waals surface area contributed by atoms with Gasteiger partial charge in [-0.05, 0) is 31.0 Å². The Balaban J connectivity index is 1.87. The fraction of sp³-hybridized carbons (Fsp3) is 0.231. The highest BCUT2D eigenvalue weighted by Crippen LogP contribution is 2.38. The number of nitrogens with two attached hydrogens (primary N) is 1. The summed E-state index contributed by atoms with van der Waals surface area (Å²) in [6.07, 6.45) is 2.33. The average Bonchev–Trinajstić information content (AvgIpc) is 3.11. The molecule has 92 valence electrons. The number of nitrogens with one attached hydrogen (secondary N) is 1. The van der Waals surface area contributed by atoms with E-state index in [1.54, 1.807) is 6.07 Å². The molecule has 0 unspecified atom stereocenters. The summed E-state index contributed by atoms with van der Waals surface area (Å²) in [7, 11) is 0. The van der Waals surface area contributed by atoms with E-state index in [0.29, 0.717) is 11.7 Å². The first-order valence-electron chi connectivity index (χ1n) is 5.88. The molecule has 0 atom stereocenters. The zero-order chi connectivity index (χ0) is 12.5. The van der Waals surface area contributed by atoms with Gasteiger partial charge in [0.15, 0.2) is 0 Å². The zero-order valence-electron chi connectivity index (χ0n) is 9.73. The van der Waals surface area contributed by atoms with Crippen molar-refractivity contribution in [1.29, 1.82) is 0 Å². The lowest BCUT2D eigenvalue weighted by Crippen LogP contribution is -2.02. The Labute approximate surface area is 114 Å². The Hall–Kier alpha value is -1.62. The minimum atomic E-state index is 0.497. The molecule has 1 heterocycles. The normalized spacial score (nSPS) is 14.5. The molecule has 4 nitrogen and oxygen atoms in total. The van der Waals surface area contributed by atoms with Crippen molar-refractivity contribution in [3.05, 3.63) is 40.6 Å². The van der Waals surface area contributed by atoms with Gasteiger partial charge in [-0.25, -0.2) is 9.97 Å². The molecule has 1 aromatic carbocycles. The van der Waals surface area contributed by atoms with E-state index < -0.39 is 0 Å². The van der Waals surface area contributed by atoms with Gasteiger partial charge < -0.3 is 11.1 Å². The van der Waals surface area contributed by atoms with Gasteiger partial charge in [0.25, 0.3) is 0 Å². The zero-order valence-corrected chi connectivity index (χ0v) is 11.3. The van der Waals surface area contributed by atoms with Crippen LogP contribution in [0.15, 0.2) is 34.8 Å². The SMILES string of the molecule is Nc1cc(Nc2cccc(Br)c2)nc(C2CC2)n1. The Morgan fingerprint density at radius 1 is 1.22 bits per heavy atom. The maximum Gasteiger partial charge on any atom is 0.136 e. The van der Waals surface area contributed by atoms with Gasteiger partial charge in [-0.3, -0.25) is 0 Å². The highest BCUT2D eigenvalue weighted by Gasteiger charge is 2.27. The molecule has 3 rings (SSSR count). The predicted molar refractivity (Wildman–Crippen MR) is 75.8 cm³/mol. The van der Waals surface area contributed by atoms with Gasteiger partial charge >= 0.3 is 0 Å². The molecule has 0 amide bonds. The van der Waals surface area contributed by atoms with Crippen LogP contribution in [0.4, 0.5) is 17.3 Å². The lowest BCUT2D eigenvalue weighted by atomic mass is 10.3. The van der Waals surface area contributed by atoms with Crippen LogP contribution in [0.1, 0.15) is 24.6 Å². The minimum Gasteiger partial charge on any atom is -0.384 e. The summed E-state index contributed by atoms with van der Waals surface area (Å²) < 4.78 is 1.02. The molecule has 3 N–H and O–H groups in total. The van der Waals surface area contributed by atoms with Crippen LogP contribution in [0.5, 0.6) is 0 Å². The molecule has 0 aliphatic heterocycles. The van der Waals surface area contributed by atoms with Crippen LogP contribution in [-0.4, -0.2) is 9.97 Å². The fourth-order valence-corrected chi connectivity index (χ4v) is 2.19. The molecule has 2 aromatic rings. The monoisotopic (exact) mass is 304 g/mol. The van der Waals surface area contributed by atoms with Gasteiger partial charge in [0.1, 0.15) is 17.5 Å². The van der Waals surface area contributed by atoms with E-state index in [4.69, 9.17) is 5.73 Å². The quantitative estimate of drug-likeness (QED) is 0.911. The second-order valence-electron chi connectivity index (χ2n) is 4.45. The van der Waals surface area contributed by atoms with E-state index in [1.807, 2.05) is 24.3 Å². The van der Waals surface area contributed by atoms with Crippen molar-refractivity contribution in [3.8, 4) is 0 Å².